The Morgan fingerprint density at radius 2 is 1.93 bits per heavy atom. The summed E-state index contributed by atoms with van der Waals surface area (Å²) in [5, 5.41) is 3.72. The molecule has 3 rings (SSSR count). The number of benzene rings is 1. The van der Waals surface area contributed by atoms with Crippen molar-refractivity contribution in [2.24, 2.45) is 11.8 Å². The second-order valence-corrected chi connectivity index (χ2v) is 8.36. The third-order valence-corrected chi connectivity index (χ3v) is 5.55. The molecule has 1 fully saturated rings. The highest BCUT2D eigenvalue weighted by Gasteiger charge is 2.23. The third-order valence-electron chi connectivity index (χ3n) is 4.62. The summed E-state index contributed by atoms with van der Waals surface area (Å²) in [6.45, 7) is 9.17. The molecule has 6 nitrogen and oxygen atoms in total. The maximum Gasteiger partial charge on any atom is 0.234 e. The van der Waals surface area contributed by atoms with E-state index in [0.29, 0.717) is 24.2 Å². The van der Waals surface area contributed by atoms with Crippen LogP contribution in [-0.4, -0.2) is 41.3 Å². The van der Waals surface area contributed by atoms with Crippen molar-refractivity contribution in [1.29, 1.82) is 0 Å². The second-order valence-electron chi connectivity index (χ2n) is 7.36. The number of hydrogen-bond acceptors (Lipinski definition) is 6. The Hall–Kier alpha value is -2.28. The number of piperidine rings is 1. The SMILES string of the molecule is CCOc1ccc(NC(=O)CSc2cc(N3CC(C)CC(C)C3)ncn2)cc1. The van der Waals surface area contributed by atoms with Gasteiger partial charge in [-0.25, -0.2) is 9.97 Å². The van der Waals surface area contributed by atoms with Crippen molar-refractivity contribution < 1.29 is 9.53 Å². The predicted molar refractivity (Wildman–Crippen MR) is 114 cm³/mol. The summed E-state index contributed by atoms with van der Waals surface area (Å²) in [6, 6.07) is 9.37. The van der Waals surface area contributed by atoms with E-state index in [1.807, 2.05) is 37.3 Å². The van der Waals surface area contributed by atoms with E-state index in [1.165, 1.54) is 18.2 Å². The molecule has 1 amide bonds. The zero-order valence-corrected chi connectivity index (χ0v) is 17.5. The van der Waals surface area contributed by atoms with Crippen LogP contribution >= 0.6 is 11.8 Å². The van der Waals surface area contributed by atoms with Gasteiger partial charge in [0, 0.05) is 24.8 Å². The molecule has 0 radical (unpaired) electrons. The van der Waals surface area contributed by atoms with Crippen molar-refractivity contribution in [2.75, 3.05) is 35.7 Å². The zero-order valence-electron chi connectivity index (χ0n) is 16.7. The fourth-order valence-electron chi connectivity index (χ4n) is 3.57. The molecule has 2 aromatic rings. The molecule has 0 bridgehead atoms. The van der Waals surface area contributed by atoms with Crippen LogP contribution in [0.4, 0.5) is 11.5 Å². The van der Waals surface area contributed by atoms with Crippen molar-refractivity contribution in [3.63, 3.8) is 0 Å². The highest BCUT2D eigenvalue weighted by Crippen LogP contribution is 2.27. The number of carbonyl (C=O) groups is 1. The topological polar surface area (TPSA) is 67.3 Å². The lowest BCUT2D eigenvalue weighted by Gasteiger charge is -2.35. The smallest absolute Gasteiger partial charge is 0.234 e. The number of nitrogens with zero attached hydrogens (tertiary/aromatic N) is 3. The van der Waals surface area contributed by atoms with Crippen LogP contribution in [0, 0.1) is 11.8 Å². The van der Waals surface area contributed by atoms with Gasteiger partial charge in [0.05, 0.1) is 12.4 Å². The second kappa shape index (κ2) is 9.78. The van der Waals surface area contributed by atoms with Crippen molar-refractivity contribution >= 4 is 29.2 Å². The van der Waals surface area contributed by atoms with Gasteiger partial charge in [0.25, 0.3) is 0 Å². The molecule has 1 aromatic heterocycles. The van der Waals surface area contributed by atoms with E-state index in [4.69, 9.17) is 4.74 Å². The van der Waals surface area contributed by atoms with Crippen molar-refractivity contribution in [3.8, 4) is 5.75 Å². The van der Waals surface area contributed by atoms with Crippen LogP contribution in [0.1, 0.15) is 27.2 Å². The molecule has 7 heteroatoms. The first kappa shape index (κ1) is 20.5. The molecule has 1 aromatic carbocycles. The average molecular weight is 401 g/mol. The Bertz CT molecular complexity index is 774. The van der Waals surface area contributed by atoms with Crippen LogP contribution < -0.4 is 15.0 Å². The molecule has 1 aliphatic heterocycles. The molecule has 2 unspecified atom stereocenters. The number of rotatable bonds is 7. The number of aromatic nitrogens is 2. The number of hydrogen-bond donors (Lipinski definition) is 1. The molecule has 0 aliphatic carbocycles. The molecule has 2 heterocycles. The van der Waals surface area contributed by atoms with Crippen molar-refractivity contribution in [2.45, 2.75) is 32.2 Å². The fourth-order valence-corrected chi connectivity index (χ4v) is 4.23. The number of anilines is 2. The first-order chi connectivity index (χ1) is 13.5. The number of nitrogens with one attached hydrogen (secondary N) is 1. The summed E-state index contributed by atoms with van der Waals surface area (Å²) < 4.78 is 5.41. The Balaban J connectivity index is 1.53. The van der Waals surface area contributed by atoms with E-state index in [0.717, 1.165) is 35.4 Å². The summed E-state index contributed by atoms with van der Waals surface area (Å²) in [6.07, 6.45) is 2.85. The van der Waals surface area contributed by atoms with Crippen LogP contribution in [0.3, 0.4) is 0 Å². The van der Waals surface area contributed by atoms with E-state index in [2.05, 4.69) is 34.0 Å². The maximum absolute atomic E-state index is 12.3. The molecular weight excluding hydrogens is 372 g/mol. The molecular formula is C21H28N4O2S. The summed E-state index contributed by atoms with van der Waals surface area (Å²) in [5.41, 5.74) is 0.758. The lowest BCUT2D eigenvalue weighted by atomic mass is 9.92. The number of carbonyl (C=O) groups excluding carboxylic acids is 1. The predicted octanol–water partition coefficient (Wildman–Crippen LogP) is 4.09. The zero-order chi connectivity index (χ0) is 19.9. The average Bonchev–Trinajstić information content (AvgIpc) is 2.68. The number of ether oxygens (including phenoxy) is 1. The van der Waals surface area contributed by atoms with Crippen molar-refractivity contribution in [3.05, 3.63) is 36.7 Å². The minimum atomic E-state index is -0.0606. The van der Waals surface area contributed by atoms with Gasteiger partial charge in [-0.3, -0.25) is 4.79 Å². The van der Waals surface area contributed by atoms with Gasteiger partial charge in [-0.1, -0.05) is 25.6 Å². The van der Waals surface area contributed by atoms with E-state index < -0.39 is 0 Å². The molecule has 1 aliphatic rings. The van der Waals surface area contributed by atoms with Crippen molar-refractivity contribution in [1.82, 2.24) is 9.97 Å². The molecule has 2 atom stereocenters. The van der Waals surface area contributed by atoms with Crippen LogP contribution in [0.2, 0.25) is 0 Å². The summed E-state index contributed by atoms with van der Waals surface area (Å²) in [7, 11) is 0. The minimum absolute atomic E-state index is 0.0606. The molecule has 1 saturated heterocycles. The van der Waals surface area contributed by atoms with Gasteiger partial charge in [-0.15, -0.1) is 0 Å². The lowest BCUT2D eigenvalue weighted by molar-refractivity contribution is -0.113. The quantitative estimate of drug-likeness (QED) is 0.558. The van der Waals surface area contributed by atoms with E-state index in [9.17, 15) is 4.79 Å². The Kier molecular flexibility index (Phi) is 7.14. The van der Waals surface area contributed by atoms with Crippen LogP contribution in [0.25, 0.3) is 0 Å². The Morgan fingerprint density at radius 3 is 2.61 bits per heavy atom. The Labute approximate surface area is 171 Å². The largest absolute Gasteiger partial charge is 0.494 e. The first-order valence-electron chi connectivity index (χ1n) is 9.76. The summed E-state index contributed by atoms with van der Waals surface area (Å²) >= 11 is 1.42. The van der Waals surface area contributed by atoms with Crippen LogP contribution in [0.15, 0.2) is 41.7 Å². The third kappa shape index (κ3) is 5.86. The minimum Gasteiger partial charge on any atom is -0.494 e. The van der Waals surface area contributed by atoms with Gasteiger partial charge in [-0.05, 0) is 49.4 Å². The van der Waals surface area contributed by atoms with Gasteiger partial charge in [0.15, 0.2) is 0 Å². The van der Waals surface area contributed by atoms with E-state index in [-0.39, 0.29) is 5.91 Å². The molecule has 150 valence electrons. The van der Waals surface area contributed by atoms with Gasteiger partial charge in [0.1, 0.15) is 22.9 Å². The van der Waals surface area contributed by atoms with Crippen LogP contribution in [-0.2, 0) is 4.79 Å². The fraction of sp³-hybridized carbons (Fsp3) is 0.476. The maximum atomic E-state index is 12.3. The van der Waals surface area contributed by atoms with Crippen LogP contribution in [0.5, 0.6) is 5.75 Å². The van der Waals surface area contributed by atoms with Gasteiger partial charge in [0.2, 0.25) is 5.91 Å². The normalized spacial score (nSPS) is 19.3. The first-order valence-corrected chi connectivity index (χ1v) is 10.7. The summed E-state index contributed by atoms with van der Waals surface area (Å²) in [5.74, 6) is 3.31. The molecule has 0 saturated carbocycles. The monoisotopic (exact) mass is 400 g/mol. The molecule has 0 spiro atoms. The molecule has 28 heavy (non-hydrogen) atoms. The standard InChI is InChI=1S/C21H28N4O2S/c1-4-27-18-7-5-17(6-8-18)24-20(26)13-28-21-10-19(22-14-23-21)25-11-15(2)9-16(3)12-25/h5-8,10,14-16H,4,9,11-13H2,1-3H3,(H,24,26). The highest BCUT2D eigenvalue weighted by molar-refractivity contribution is 7.99. The lowest BCUT2D eigenvalue weighted by Crippen LogP contribution is -2.39. The van der Waals surface area contributed by atoms with Gasteiger partial charge in [-0.2, -0.15) is 0 Å². The summed E-state index contributed by atoms with van der Waals surface area (Å²) in [4.78, 5) is 23.3. The number of thioether (sulfide) groups is 1. The molecule has 1 N–H and O–H groups in total. The van der Waals surface area contributed by atoms with Gasteiger partial charge < -0.3 is 15.0 Å². The highest BCUT2D eigenvalue weighted by atomic mass is 32.2. The van der Waals surface area contributed by atoms with Gasteiger partial charge >= 0.3 is 0 Å². The Morgan fingerprint density at radius 1 is 1.21 bits per heavy atom. The number of amides is 1. The van der Waals surface area contributed by atoms with E-state index >= 15 is 0 Å². The van der Waals surface area contributed by atoms with E-state index in [1.54, 1.807) is 6.33 Å².